The number of carbonyl (C=O) groups is 8. The number of ketones is 4. The molecule has 0 aliphatic carbocycles. The highest BCUT2D eigenvalue weighted by atomic mass is 32.1. The predicted molar refractivity (Wildman–Crippen MR) is 519 cm³/mol. The van der Waals surface area contributed by atoms with Crippen LogP contribution in [0.3, 0.4) is 0 Å². The molecule has 700 valence electrons. The van der Waals surface area contributed by atoms with E-state index in [4.69, 9.17) is 15.3 Å². The minimum Gasteiger partial charge on any atom is -0.400 e. The van der Waals surface area contributed by atoms with Gasteiger partial charge in [0.05, 0.1) is 37.8 Å². The normalized spacial score (nSPS) is 12.6. The van der Waals surface area contributed by atoms with Crippen molar-refractivity contribution in [3.8, 4) is 0 Å². The molecule has 3 aliphatic heterocycles. The Balaban J connectivity index is 0.000000211. The minimum absolute atomic E-state index is 0.0479. The van der Waals surface area contributed by atoms with Crippen molar-refractivity contribution in [1.82, 2.24) is 65.4 Å². The first kappa shape index (κ1) is 105. The van der Waals surface area contributed by atoms with Crippen LogP contribution in [-0.2, 0) is 109 Å². The van der Waals surface area contributed by atoms with Gasteiger partial charge in [-0.25, -0.2) is 0 Å². The molecule has 131 heavy (non-hydrogen) atoms. The number of unbranched alkanes of at least 4 members (excludes halogenated alkanes) is 4. The molecule has 9 heterocycles. The summed E-state index contributed by atoms with van der Waals surface area (Å²) in [5.41, 5.74) is 5.78. The van der Waals surface area contributed by atoms with E-state index in [2.05, 4.69) is 126 Å². The lowest BCUT2D eigenvalue weighted by Crippen LogP contribution is -2.30. The molecule has 11 aromatic rings. The number of hydrogen-bond donors (Lipinski definition) is 7. The molecule has 0 atom stereocenters. The standard InChI is InChI=1S/C26H28N4O2S.C23H32N4O2S.C22H30N4O2S.C21H22N8O2S2.3CH4O/c31-22(13-8-17-30-18-16-21-11-4-6-14-23(21)30)12-5-7-15-25-28-29-26(33-25)27-24(32)19-20-9-2-1-3-10-20;28-20(13-9-17-27-15-7-2-8-16-27)12-5-6-14-22-25-26-23(30-22)24-21(29)18-19-10-3-1-4-11-19;27-19(12-8-16-26-14-6-7-15-26)11-4-5-13-21-24-25-22(29-21)23-20(28)17-18-9-2-1-3-10-18;30-16(11-15-13-22-29-24-15)12-20-27-25-18(32-20)8-4-5-9-19-26-28-21(33-19)23-17(31)10-14-6-2-1-3-7-14;3*1-2/h1-4,6,9-11,14,16,18H,5,7-8,12-13,15,17,19H2,(H,27,29,32);1,3-4,10-11H,2,5-9,12-18H2,(H,24,26,29);1-3,9-10H,4-8,11-17H2,(H,23,25,28);1-3,6-7H,4-5,8-13H2,(H,23,28,31);3*2H,1H3. The topological polar surface area (TPSA) is 423 Å². The van der Waals surface area contributed by atoms with Gasteiger partial charge in [-0.2, -0.15) is 5.11 Å². The molecule has 2 saturated heterocycles. The summed E-state index contributed by atoms with van der Waals surface area (Å²) in [5, 5.41) is 93.2. The SMILES string of the molecule is CO.CO.CO.O=C(CC1=NN=NC1)Cc1nnc(CCCCc2nnc(NC(=O)Cc3ccccc3)s2)s1.O=C(CCCCc1nnc(NC(=O)Cc2ccccc2)s1)CCCN1CCCC1.O=C(CCCCc1nnc(NC(=O)Cc2ccccc2)s1)CCCN1CCCCC1.O=C(CCCCc1nnc(NC(=O)Cc2ccccc2)s1)CCCn1ccc2ccccc21. The summed E-state index contributed by atoms with van der Waals surface area (Å²) in [6, 6.07) is 48.9. The van der Waals surface area contributed by atoms with Crippen molar-refractivity contribution in [2.75, 3.05) is 88.4 Å². The third-order valence-electron chi connectivity index (χ3n) is 20.8. The zero-order valence-corrected chi connectivity index (χ0v) is 79.4. The second-order valence-corrected chi connectivity index (χ2v) is 36.6. The number of anilines is 4. The van der Waals surface area contributed by atoms with E-state index in [0.29, 0.717) is 114 Å². The molecule has 0 spiro atoms. The number of nitrogens with one attached hydrogen (secondary N) is 4. The Morgan fingerprint density at radius 1 is 0.313 bits per heavy atom. The van der Waals surface area contributed by atoms with Gasteiger partial charge in [0.15, 0.2) is 0 Å². The number of hydrogen-bond acceptors (Lipinski definition) is 31. The van der Waals surface area contributed by atoms with Crippen LogP contribution in [0.4, 0.5) is 20.5 Å². The average molecular weight is 1880 g/mol. The van der Waals surface area contributed by atoms with E-state index in [1.165, 1.54) is 126 Å². The predicted octanol–water partition coefficient (Wildman–Crippen LogP) is 15.9. The van der Waals surface area contributed by atoms with Crippen molar-refractivity contribution >= 4 is 141 Å². The van der Waals surface area contributed by atoms with Gasteiger partial charge in [0, 0.05) is 117 Å². The number of para-hydroxylation sites is 1. The highest BCUT2D eigenvalue weighted by Gasteiger charge is 2.20. The van der Waals surface area contributed by atoms with Crippen LogP contribution in [0, 0.1) is 0 Å². The van der Waals surface area contributed by atoms with Crippen LogP contribution in [0.5, 0.6) is 0 Å². The number of rotatable bonds is 48. The van der Waals surface area contributed by atoms with Crippen LogP contribution >= 0.6 is 56.7 Å². The second-order valence-electron chi connectivity index (χ2n) is 31.2. The highest BCUT2D eigenvalue weighted by Crippen LogP contribution is 2.26. The molecule has 4 amide bonds. The van der Waals surface area contributed by atoms with Gasteiger partial charge in [-0.15, -0.1) is 67.4 Å². The van der Waals surface area contributed by atoms with Crippen molar-refractivity contribution in [3.05, 3.63) is 210 Å². The van der Waals surface area contributed by atoms with Crippen molar-refractivity contribution < 1.29 is 53.7 Å². The van der Waals surface area contributed by atoms with E-state index in [0.717, 1.165) is 196 Å². The maximum atomic E-state index is 12.2. The third kappa shape index (κ3) is 43.3. The monoisotopic (exact) mass is 1880 g/mol. The summed E-state index contributed by atoms with van der Waals surface area (Å²) in [4.78, 5) is 102. The van der Waals surface area contributed by atoms with Gasteiger partial charge in [0.1, 0.15) is 59.7 Å². The van der Waals surface area contributed by atoms with Crippen LogP contribution in [0.1, 0.15) is 200 Å². The van der Waals surface area contributed by atoms with Gasteiger partial charge in [-0.1, -0.05) is 191 Å². The molecule has 14 rings (SSSR count). The summed E-state index contributed by atoms with van der Waals surface area (Å²) in [5.74, 6) is 0.744. The molecule has 0 unspecified atom stereocenters. The third-order valence-corrected chi connectivity index (χ3v) is 25.4. The molecule has 36 heteroatoms. The number of benzene rings is 5. The van der Waals surface area contributed by atoms with E-state index in [1.807, 2.05) is 133 Å². The first-order valence-electron chi connectivity index (χ1n) is 45.0. The van der Waals surface area contributed by atoms with E-state index >= 15 is 0 Å². The zero-order chi connectivity index (χ0) is 93.1. The molecule has 3 aliphatic rings. The Morgan fingerprint density at radius 2 is 0.626 bits per heavy atom. The number of carbonyl (C=O) groups excluding carboxylic acids is 8. The highest BCUT2D eigenvalue weighted by molar-refractivity contribution is 7.16. The van der Waals surface area contributed by atoms with E-state index < -0.39 is 0 Å². The molecule has 0 bridgehead atoms. The van der Waals surface area contributed by atoms with E-state index in [1.54, 1.807) is 0 Å². The summed E-state index contributed by atoms with van der Waals surface area (Å²) in [7, 11) is 3.00. The van der Waals surface area contributed by atoms with Crippen LogP contribution < -0.4 is 21.3 Å². The Morgan fingerprint density at radius 3 is 0.992 bits per heavy atom. The number of nitrogens with zero attached hydrogens (tertiary/aromatic N) is 16. The lowest BCUT2D eigenvalue weighted by molar-refractivity contribution is -0.120. The molecule has 0 radical (unpaired) electrons. The van der Waals surface area contributed by atoms with Gasteiger partial charge in [-0.05, 0) is 181 Å². The summed E-state index contributed by atoms with van der Waals surface area (Å²) in [6.07, 6.45) is 28.4. The lowest BCUT2D eigenvalue weighted by atomic mass is 10.1. The number of likely N-dealkylation sites (tertiary alicyclic amines) is 2. The Labute approximate surface area is 786 Å². The van der Waals surface area contributed by atoms with Crippen molar-refractivity contribution in [3.63, 3.8) is 0 Å². The Bertz CT molecular complexity index is 5190. The van der Waals surface area contributed by atoms with E-state index in [9.17, 15) is 38.4 Å². The molecular formula is C95H124N20O11S5. The first-order chi connectivity index (χ1) is 64.2. The number of aliphatic hydroxyl groups excluding tert-OH is 3. The van der Waals surface area contributed by atoms with Gasteiger partial charge in [0.2, 0.25) is 44.2 Å². The fourth-order valence-corrected chi connectivity index (χ4v) is 18.4. The molecule has 0 saturated carbocycles. The molecular weight excluding hydrogens is 1760 g/mol. The van der Waals surface area contributed by atoms with Crippen LogP contribution in [0.2, 0.25) is 0 Å². The first-order valence-corrected chi connectivity index (χ1v) is 49.0. The quantitative estimate of drug-likeness (QED) is 0.0174. The fourth-order valence-electron chi connectivity index (χ4n) is 14.3. The maximum absolute atomic E-state index is 12.2. The molecule has 31 nitrogen and oxygen atoms in total. The smallest absolute Gasteiger partial charge is 0.230 e. The zero-order valence-electron chi connectivity index (χ0n) is 75.3. The molecule has 2 fully saturated rings. The number of aliphatic hydroxyl groups is 3. The van der Waals surface area contributed by atoms with Crippen LogP contribution in [0.15, 0.2) is 173 Å². The van der Waals surface area contributed by atoms with Crippen molar-refractivity contribution in [2.45, 2.75) is 218 Å². The number of aryl methyl sites for hydroxylation is 6. The number of Topliss-reactive ketones (excluding diaryl/α,β-unsaturated/α-hetero) is 4. The van der Waals surface area contributed by atoms with E-state index in [-0.39, 0.29) is 42.3 Å². The number of aromatic nitrogens is 11. The largest absolute Gasteiger partial charge is 0.400 e. The van der Waals surface area contributed by atoms with Crippen LogP contribution in [0.25, 0.3) is 10.9 Å². The number of fused-ring (bicyclic) bond motifs is 1. The van der Waals surface area contributed by atoms with Gasteiger partial charge in [0.25, 0.3) is 0 Å². The summed E-state index contributed by atoms with van der Waals surface area (Å²) < 4.78 is 2.22. The second kappa shape index (κ2) is 63.2. The molecule has 6 aromatic heterocycles. The lowest BCUT2D eigenvalue weighted by Gasteiger charge is -2.26. The minimum atomic E-state index is -0.101. The van der Waals surface area contributed by atoms with Gasteiger partial charge >= 0.3 is 0 Å². The summed E-state index contributed by atoms with van der Waals surface area (Å²) in [6.45, 7) is 8.20. The van der Waals surface area contributed by atoms with Crippen LogP contribution in [-0.4, -0.2) is 200 Å². The maximum Gasteiger partial charge on any atom is 0.230 e. The average Bonchev–Trinajstić information content (AvgIpc) is 1.69. The molecule has 5 aromatic carbocycles. The van der Waals surface area contributed by atoms with Crippen molar-refractivity contribution in [1.29, 1.82) is 0 Å². The fraction of sp³-hybridized carbons (Fsp3) is 0.463. The van der Waals surface area contributed by atoms with Crippen molar-refractivity contribution in [2.24, 2.45) is 15.4 Å². The molecule has 7 N–H and O–H groups in total. The number of piperidine rings is 1. The summed E-state index contributed by atoms with van der Waals surface area (Å²) >= 11 is 7.11. The number of amides is 4. The Kier molecular flexibility index (Phi) is 50.9. The van der Waals surface area contributed by atoms with Gasteiger partial charge < -0.3 is 51.0 Å². The van der Waals surface area contributed by atoms with Gasteiger partial charge in [-0.3, -0.25) is 38.4 Å². The Hall–Kier alpha value is -10.9.